The number of aryl methyl sites for hydroxylation is 2. The van der Waals surface area contributed by atoms with Crippen molar-refractivity contribution in [1.29, 1.82) is 0 Å². The predicted molar refractivity (Wildman–Crippen MR) is 144 cm³/mol. The lowest BCUT2D eigenvalue weighted by Gasteiger charge is -2.11. The van der Waals surface area contributed by atoms with Crippen LogP contribution in [0.3, 0.4) is 0 Å². The molecule has 1 aliphatic rings. The Balaban J connectivity index is 0.000000405. The zero-order chi connectivity index (χ0) is 27.1. The second-order valence-electron chi connectivity index (χ2n) is 10.6. The van der Waals surface area contributed by atoms with E-state index >= 15 is 0 Å². The zero-order valence-electron chi connectivity index (χ0n) is 22.3. The van der Waals surface area contributed by atoms with Crippen molar-refractivity contribution in [3.63, 3.8) is 0 Å². The molecule has 0 saturated heterocycles. The number of hydrogen-bond donors (Lipinski definition) is 2. The Kier molecular flexibility index (Phi) is 6.99. The maximum Gasteiger partial charge on any atom is 0.335 e. The summed E-state index contributed by atoms with van der Waals surface area (Å²) in [5, 5.41) is 10.5. The molecule has 9 heteroatoms. The van der Waals surface area contributed by atoms with Crippen LogP contribution in [0.25, 0.3) is 33.6 Å². The van der Waals surface area contributed by atoms with Crippen LogP contribution in [0.1, 0.15) is 56.6 Å². The molecular formula is C28H35N5O4. The van der Waals surface area contributed by atoms with Crippen LogP contribution in [0.4, 0.5) is 0 Å². The van der Waals surface area contributed by atoms with E-state index in [4.69, 9.17) is 20.4 Å². The molecule has 0 unspecified atom stereocenters. The lowest BCUT2D eigenvalue weighted by molar-refractivity contribution is -0.125. The van der Waals surface area contributed by atoms with E-state index in [-0.39, 0.29) is 16.9 Å². The number of aromatic nitrogens is 4. The number of methoxy groups -OCH3 is 1. The monoisotopic (exact) mass is 505 g/mol. The molecule has 0 radical (unpaired) electrons. The average molecular weight is 506 g/mol. The van der Waals surface area contributed by atoms with Crippen molar-refractivity contribution in [3.8, 4) is 17.3 Å². The summed E-state index contributed by atoms with van der Waals surface area (Å²) in [6, 6.07) is 9.48. The molecule has 196 valence electrons. The van der Waals surface area contributed by atoms with Gasteiger partial charge in [0, 0.05) is 30.1 Å². The standard InChI is InChI=1S/C23H24N4O3.C5H11NO/c1-4-16-8-7-14-10-18(27(21(14)24-16)12-13-5-6-13)22-25-17-9-15(23(28)29)11-19(30-3)20(17)26(22)2;1-5(2,3)4(6)7/h7-11,13H,4-6,12H2,1-3H3,(H,28,29);1-3H3,(H2,6,7). The van der Waals surface area contributed by atoms with Gasteiger partial charge in [-0.3, -0.25) is 4.79 Å². The van der Waals surface area contributed by atoms with Crippen LogP contribution in [0.2, 0.25) is 0 Å². The van der Waals surface area contributed by atoms with E-state index in [1.165, 1.54) is 12.8 Å². The second-order valence-corrected chi connectivity index (χ2v) is 10.6. The lowest BCUT2D eigenvalue weighted by Crippen LogP contribution is -2.27. The SMILES string of the molecule is CC(C)(C)C(N)=O.CCc1ccc2cc(-c3nc4cc(C(=O)O)cc(OC)c4n3C)n(CC3CC3)c2n1. The van der Waals surface area contributed by atoms with Gasteiger partial charge in [0.2, 0.25) is 5.91 Å². The summed E-state index contributed by atoms with van der Waals surface area (Å²) in [4.78, 5) is 31.5. The highest BCUT2D eigenvalue weighted by Gasteiger charge is 2.26. The minimum Gasteiger partial charge on any atom is -0.494 e. The first-order valence-electron chi connectivity index (χ1n) is 12.5. The molecule has 37 heavy (non-hydrogen) atoms. The van der Waals surface area contributed by atoms with E-state index in [9.17, 15) is 14.7 Å². The Morgan fingerprint density at radius 2 is 1.84 bits per heavy atom. The number of benzene rings is 1. The first kappa shape index (κ1) is 26.2. The number of ether oxygens (including phenoxy) is 1. The maximum atomic E-state index is 11.5. The van der Waals surface area contributed by atoms with Crippen LogP contribution < -0.4 is 10.5 Å². The molecule has 3 N–H and O–H groups in total. The largest absolute Gasteiger partial charge is 0.494 e. The van der Waals surface area contributed by atoms with Gasteiger partial charge in [-0.05, 0) is 55.5 Å². The molecule has 0 atom stereocenters. The van der Waals surface area contributed by atoms with Gasteiger partial charge in [-0.1, -0.05) is 27.7 Å². The molecule has 1 aromatic carbocycles. The highest BCUT2D eigenvalue weighted by Crippen LogP contribution is 2.37. The third-order valence-corrected chi connectivity index (χ3v) is 6.67. The topological polar surface area (TPSA) is 125 Å². The number of pyridine rings is 1. The fourth-order valence-electron chi connectivity index (χ4n) is 4.11. The molecule has 9 nitrogen and oxygen atoms in total. The average Bonchev–Trinajstić information content (AvgIpc) is 3.52. The van der Waals surface area contributed by atoms with E-state index < -0.39 is 5.97 Å². The number of imidazole rings is 1. The number of fused-ring (bicyclic) bond motifs is 2. The number of carboxylic acid groups (broad SMARTS) is 1. The van der Waals surface area contributed by atoms with E-state index in [1.807, 2.05) is 11.6 Å². The van der Waals surface area contributed by atoms with E-state index in [0.717, 1.165) is 46.7 Å². The zero-order valence-corrected chi connectivity index (χ0v) is 22.3. The van der Waals surface area contributed by atoms with Crippen LogP contribution in [0.5, 0.6) is 5.75 Å². The number of nitrogens with two attached hydrogens (primary N) is 1. The highest BCUT2D eigenvalue weighted by molar-refractivity contribution is 5.96. The molecule has 3 aromatic heterocycles. The molecular weight excluding hydrogens is 470 g/mol. The normalized spacial score (nSPS) is 13.5. The van der Waals surface area contributed by atoms with Crippen LogP contribution in [0, 0.1) is 11.3 Å². The third-order valence-electron chi connectivity index (χ3n) is 6.67. The van der Waals surface area contributed by atoms with Gasteiger partial charge < -0.3 is 24.7 Å². The summed E-state index contributed by atoms with van der Waals surface area (Å²) in [6.07, 6.45) is 3.37. The van der Waals surface area contributed by atoms with Gasteiger partial charge >= 0.3 is 5.97 Å². The van der Waals surface area contributed by atoms with Crippen molar-refractivity contribution >= 4 is 33.9 Å². The van der Waals surface area contributed by atoms with Gasteiger partial charge in [-0.2, -0.15) is 0 Å². The van der Waals surface area contributed by atoms with E-state index in [0.29, 0.717) is 17.2 Å². The number of carboxylic acids is 1. The Morgan fingerprint density at radius 3 is 2.38 bits per heavy atom. The van der Waals surface area contributed by atoms with Crippen molar-refractivity contribution in [2.45, 2.75) is 53.5 Å². The molecule has 3 heterocycles. The second kappa shape index (κ2) is 9.88. The number of nitrogens with zero attached hydrogens (tertiary/aromatic N) is 4. The summed E-state index contributed by atoms with van der Waals surface area (Å²) in [7, 11) is 3.49. The summed E-state index contributed by atoms with van der Waals surface area (Å²) in [5.41, 5.74) is 9.17. The molecule has 0 bridgehead atoms. The molecule has 0 spiro atoms. The fourth-order valence-corrected chi connectivity index (χ4v) is 4.11. The molecule has 1 fully saturated rings. The van der Waals surface area contributed by atoms with Crippen LogP contribution in [-0.2, 0) is 24.8 Å². The summed E-state index contributed by atoms with van der Waals surface area (Å²) in [5.74, 6) is 0.702. The van der Waals surface area contributed by atoms with Crippen molar-refractivity contribution in [1.82, 2.24) is 19.1 Å². The summed E-state index contributed by atoms with van der Waals surface area (Å²) < 4.78 is 9.76. The van der Waals surface area contributed by atoms with Gasteiger partial charge in [-0.15, -0.1) is 0 Å². The number of carbonyl (C=O) groups is 2. The molecule has 5 rings (SSSR count). The lowest BCUT2D eigenvalue weighted by atomic mass is 9.96. The third kappa shape index (κ3) is 5.30. The summed E-state index contributed by atoms with van der Waals surface area (Å²) in [6.45, 7) is 8.39. The Labute approximate surface area is 216 Å². The van der Waals surface area contributed by atoms with Crippen molar-refractivity contribution in [3.05, 3.63) is 41.6 Å². The predicted octanol–water partition coefficient (Wildman–Crippen LogP) is 4.79. The number of aromatic carboxylic acids is 1. The van der Waals surface area contributed by atoms with Gasteiger partial charge in [0.1, 0.15) is 16.9 Å². The summed E-state index contributed by atoms with van der Waals surface area (Å²) >= 11 is 0. The highest BCUT2D eigenvalue weighted by atomic mass is 16.5. The molecule has 4 aromatic rings. The quantitative estimate of drug-likeness (QED) is 0.388. The van der Waals surface area contributed by atoms with Gasteiger partial charge in [0.05, 0.1) is 23.9 Å². The Bertz CT molecular complexity index is 1490. The number of rotatable bonds is 6. The smallest absolute Gasteiger partial charge is 0.335 e. The number of hydrogen-bond acceptors (Lipinski definition) is 5. The fraction of sp³-hybridized carbons (Fsp3) is 0.429. The molecule has 1 aliphatic carbocycles. The number of carbonyl (C=O) groups excluding carboxylic acids is 1. The van der Waals surface area contributed by atoms with E-state index in [1.54, 1.807) is 40.0 Å². The molecule has 0 aliphatic heterocycles. The maximum absolute atomic E-state index is 11.5. The van der Waals surface area contributed by atoms with Crippen LogP contribution >= 0.6 is 0 Å². The van der Waals surface area contributed by atoms with Crippen LogP contribution in [-0.4, -0.2) is 43.2 Å². The first-order chi connectivity index (χ1) is 17.4. The van der Waals surface area contributed by atoms with Crippen LogP contribution in [0.15, 0.2) is 30.3 Å². The van der Waals surface area contributed by atoms with Gasteiger partial charge in [0.25, 0.3) is 0 Å². The van der Waals surface area contributed by atoms with Gasteiger partial charge in [0.15, 0.2) is 5.82 Å². The Morgan fingerprint density at radius 1 is 1.16 bits per heavy atom. The molecule has 1 amide bonds. The Hall–Kier alpha value is -3.88. The van der Waals surface area contributed by atoms with Gasteiger partial charge in [-0.25, -0.2) is 14.8 Å². The van der Waals surface area contributed by atoms with Crippen molar-refractivity contribution in [2.24, 2.45) is 24.1 Å². The minimum atomic E-state index is -0.999. The van der Waals surface area contributed by atoms with Crippen molar-refractivity contribution < 1.29 is 19.4 Å². The first-order valence-corrected chi connectivity index (χ1v) is 12.5. The van der Waals surface area contributed by atoms with Crippen molar-refractivity contribution in [2.75, 3.05) is 7.11 Å². The number of amides is 1. The number of primary amides is 1. The molecule has 1 saturated carbocycles. The minimum absolute atomic E-state index is 0.164. The van der Waals surface area contributed by atoms with E-state index in [2.05, 4.69) is 29.7 Å².